The molecule has 0 aromatic heterocycles. The highest BCUT2D eigenvalue weighted by Crippen LogP contribution is 2.30. The Kier molecular flexibility index (Phi) is 6.22. The van der Waals surface area contributed by atoms with Gasteiger partial charge in [-0.25, -0.2) is 0 Å². The van der Waals surface area contributed by atoms with E-state index in [-0.39, 0.29) is 6.04 Å². The number of benzene rings is 1. The highest BCUT2D eigenvalue weighted by atomic mass is 15.2. The Morgan fingerprint density at radius 3 is 2.62 bits per heavy atom. The van der Waals surface area contributed by atoms with Crippen LogP contribution in [-0.2, 0) is 6.42 Å². The van der Waals surface area contributed by atoms with Gasteiger partial charge in [0.25, 0.3) is 0 Å². The van der Waals surface area contributed by atoms with Crippen LogP contribution in [0.1, 0.15) is 43.4 Å². The average molecular weight is 289 g/mol. The maximum atomic E-state index is 6.67. The van der Waals surface area contributed by atoms with Gasteiger partial charge < -0.3 is 10.6 Å². The van der Waals surface area contributed by atoms with Crippen LogP contribution in [0.3, 0.4) is 0 Å². The number of fused-ring (bicyclic) bond motifs is 1. The van der Waals surface area contributed by atoms with Crippen molar-refractivity contribution in [3.63, 3.8) is 0 Å². The van der Waals surface area contributed by atoms with E-state index in [0.717, 1.165) is 19.6 Å². The summed E-state index contributed by atoms with van der Waals surface area (Å²) in [5.41, 5.74) is 9.49. The molecule has 0 radical (unpaired) electrons. The van der Waals surface area contributed by atoms with E-state index in [1.54, 1.807) is 0 Å². The summed E-state index contributed by atoms with van der Waals surface area (Å²) >= 11 is 0. The SMILES string of the molecule is CCCN(CCN(C)C)C1CCCc2ccccc2C1N. The molecule has 118 valence electrons. The predicted molar refractivity (Wildman–Crippen MR) is 90.5 cm³/mol. The van der Waals surface area contributed by atoms with Gasteiger partial charge in [-0.15, -0.1) is 0 Å². The first-order valence-electron chi connectivity index (χ1n) is 8.35. The Morgan fingerprint density at radius 2 is 1.90 bits per heavy atom. The Labute approximate surface area is 130 Å². The van der Waals surface area contributed by atoms with Gasteiger partial charge in [-0.1, -0.05) is 31.2 Å². The Bertz CT molecular complexity index is 430. The van der Waals surface area contributed by atoms with E-state index in [9.17, 15) is 0 Å². The second-order valence-corrected chi connectivity index (χ2v) is 6.52. The number of hydrogen-bond acceptors (Lipinski definition) is 3. The monoisotopic (exact) mass is 289 g/mol. The fourth-order valence-corrected chi connectivity index (χ4v) is 3.44. The molecular weight excluding hydrogens is 258 g/mol. The lowest BCUT2D eigenvalue weighted by molar-refractivity contribution is 0.149. The number of rotatable bonds is 6. The minimum absolute atomic E-state index is 0.150. The largest absolute Gasteiger partial charge is 0.323 e. The normalized spacial score (nSPS) is 22.4. The molecule has 2 N–H and O–H groups in total. The predicted octanol–water partition coefficient (Wildman–Crippen LogP) is 2.66. The van der Waals surface area contributed by atoms with Gasteiger partial charge in [0.2, 0.25) is 0 Å². The standard InChI is InChI=1S/C18H31N3/c1-4-12-21(14-13-20(2)3)17-11-7-9-15-8-5-6-10-16(15)18(17)19/h5-6,8,10,17-18H,4,7,9,11-14,19H2,1-3H3. The van der Waals surface area contributed by atoms with E-state index in [1.165, 1.54) is 36.8 Å². The van der Waals surface area contributed by atoms with E-state index in [1.807, 2.05) is 0 Å². The molecule has 1 aromatic carbocycles. The van der Waals surface area contributed by atoms with Crippen molar-refractivity contribution in [1.29, 1.82) is 0 Å². The molecule has 1 aliphatic rings. The van der Waals surface area contributed by atoms with Crippen LogP contribution in [-0.4, -0.2) is 49.6 Å². The molecule has 3 nitrogen and oxygen atoms in total. The zero-order chi connectivity index (χ0) is 15.2. The number of nitrogens with two attached hydrogens (primary N) is 1. The lowest BCUT2D eigenvalue weighted by atomic mass is 9.96. The molecule has 2 unspecified atom stereocenters. The molecule has 0 bridgehead atoms. The van der Waals surface area contributed by atoms with Crippen molar-refractivity contribution in [3.8, 4) is 0 Å². The average Bonchev–Trinajstić information content (AvgIpc) is 2.63. The van der Waals surface area contributed by atoms with Crippen molar-refractivity contribution in [2.45, 2.75) is 44.7 Å². The smallest absolute Gasteiger partial charge is 0.0455 e. The number of likely N-dealkylation sites (N-methyl/N-ethyl adjacent to an activating group) is 1. The molecule has 21 heavy (non-hydrogen) atoms. The first-order valence-corrected chi connectivity index (χ1v) is 8.35. The highest BCUT2D eigenvalue weighted by Gasteiger charge is 2.28. The maximum Gasteiger partial charge on any atom is 0.0455 e. The zero-order valence-corrected chi connectivity index (χ0v) is 13.9. The van der Waals surface area contributed by atoms with Gasteiger partial charge >= 0.3 is 0 Å². The lowest BCUT2D eigenvalue weighted by Crippen LogP contribution is -2.45. The maximum absolute atomic E-state index is 6.67. The first kappa shape index (κ1) is 16.5. The van der Waals surface area contributed by atoms with E-state index < -0.39 is 0 Å². The van der Waals surface area contributed by atoms with Gasteiger partial charge in [-0.2, -0.15) is 0 Å². The van der Waals surface area contributed by atoms with Crippen molar-refractivity contribution in [2.24, 2.45) is 5.73 Å². The summed E-state index contributed by atoms with van der Waals surface area (Å²) in [7, 11) is 4.29. The first-order chi connectivity index (χ1) is 10.1. The van der Waals surface area contributed by atoms with Crippen LogP contribution in [0.15, 0.2) is 24.3 Å². The molecule has 2 atom stereocenters. The molecule has 0 saturated heterocycles. The minimum atomic E-state index is 0.150. The third kappa shape index (κ3) is 4.29. The van der Waals surface area contributed by atoms with Gasteiger partial charge in [0.15, 0.2) is 0 Å². The molecule has 2 rings (SSSR count). The third-order valence-corrected chi connectivity index (χ3v) is 4.59. The van der Waals surface area contributed by atoms with E-state index in [0.29, 0.717) is 6.04 Å². The molecule has 0 amide bonds. The molecule has 0 spiro atoms. The molecule has 3 heteroatoms. The zero-order valence-electron chi connectivity index (χ0n) is 13.9. The van der Waals surface area contributed by atoms with Crippen molar-refractivity contribution < 1.29 is 0 Å². The van der Waals surface area contributed by atoms with Gasteiger partial charge in [0.1, 0.15) is 0 Å². The van der Waals surface area contributed by atoms with Crippen LogP contribution < -0.4 is 5.73 Å². The fourth-order valence-electron chi connectivity index (χ4n) is 3.44. The summed E-state index contributed by atoms with van der Waals surface area (Å²) in [6.07, 6.45) is 4.83. The third-order valence-electron chi connectivity index (χ3n) is 4.59. The molecule has 0 aliphatic heterocycles. The van der Waals surface area contributed by atoms with Crippen LogP contribution >= 0.6 is 0 Å². The summed E-state index contributed by atoms with van der Waals surface area (Å²) in [5.74, 6) is 0. The topological polar surface area (TPSA) is 32.5 Å². The van der Waals surface area contributed by atoms with E-state index in [4.69, 9.17) is 5.73 Å². The van der Waals surface area contributed by atoms with Gasteiger partial charge in [-0.05, 0) is 57.5 Å². The fraction of sp³-hybridized carbons (Fsp3) is 0.667. The van der Waals surface area contributed by atoms with Crippen molar-refractivity contribution in [2.75, 3.05) is 33.7 Å². The summed E-state index contributed by atoms with van der Waals surface area (Å²) < 4.78 is 0. The van der Waals surface area contributed by atoms with Crippen LogP contribution in [0.25, 0.3) is 0 Å². The van der Waals surface area contributed by atoms with E-state index in [2.05, 4.69) is 55.1 Å². The Hall–Kier alpha value is -0.900. The van der Waals surface area contributed by atoms with Gasteiger partial charge in [0.05, 0.1) is 0 Å². The molecular formula is C18H31N3. The van der Waals surface area contributed by atoms with E-state index >= 15 is 0 Å². The van der Waals surface area contributed by atoms with Crippen molar-refractivity contribution in [3.05, 3.63) is 35.4 Å². The summed E-state index contributed by atoms with van der Waals surface area (Å²) in [5, 5.41) is 0. The van der Waals surface area contributed by atoms with Gasteiger partial charge in [-0.3, -0.25) is 4.90 Å². The Balaban J connectivity index is 2.16. The number of nitrogens with zero attached hydrogens (tertiary/aromatic N) is 2. The minimum Gasteiger partial charge on any atom is -0.323 e. The second kappa shape index (κ2) is 7.92. The van der Waals surface area contributed by atoms with Crippen LogP contribution in [0.2, 0.25) is 0 Å². The molecule has 0 saturated carbocycles. The second-order valence-electron chi connectivity index (χ2n) is 6.52. The number of aryl methyl sites for hydroxylation is 1. The summed E-state index contributed by atoms with van der Waals surface area (Å²) in [6.45, 7) is 5.62. The Morgan fingerprint density at radius 1 is 1.14 bits per heavy atom. The highest BCUT2D eigenvalue weighted by molar-refractivity contribution is 5.32. The van der Waals surface area contributed by atoms with Crippen molar-refractivity contribution >= 4 is 0 Å². The number of hydrogen-bond donors (Lipinski definition) is 1. The van der Waals surface area contributed by atoms with Crippen LogP contribution in [0.4, 0.5) is 0 Å². The van der Waals surface area contributed by atoms with Crippen LogP contribution in [0.5, 0.6) is 0 Å². The summed E-state index contributed by atoms with van der Waals surface area (Å²) in [4.78, 5) is 4.88. The molecule has 0 fully saturated rings. The lowest BCUT2D eigenvalue weighted by Gasteiger charge is -2.35. The molecule has 0 heterocycles. The van der Waals surface area contributed by atoms with Crippen LogP contribution in [0, 0.1) is 0 Å². The summed E-state index contributed by atoms with van der Waals surface area (Å²) in [6, 6.07) is 9.38. The molecule has 1 aromatic rings. The van der Waals surface area contributed by atoms with Gasteiger partial charge in [0, 0.05) is 25.2 Å². The molecule has 1 aliphatic carbocycles. The quantitative estimate of drug-likeness (QED) is 0.817. The van der Waals surface area contributed by atoms with Crippen molar-refractivity contribution in [1.82, 2.24) is 9.80 Å².